The Morgan fingerprint density at radius 2 is 2.10 bits per heavy atom. The first-order chi connectivity index (χ1) is 13.9. The molecule has 2 rings (SSSR count). The van der Waals surface area contributed by atoms with Crippen molar-refractivity contribution in [2.45, 2.75) is 38.9 Å². The standard InChI is InChI=1S/C19H24F2N2O6/c1-12(27-8-7-24)11-22-18(26)15-10-14(29-23-15)4-2-3-13-5-6-16(25)17(9-13)28-19(20)21/h5-6,9-10,12,19,24-25H,2-4,7-8,11H2,1H3,(H,22,26). The first-order valence-corrected chi connectivity index (χ1v) is 9.12. The Kier molecular flexibility index (Phi) is 8.81. The molecule has 0 saturated carbocycles. The van der Waals surface area contributed by atoms with Gasteiger partial charge in [0.2, 0.25) is 0 Å². The van der Waals surface area contributed by atoms with Crippen LogP contribution in [0.5, 0.6) is 11.5 Å². The molecule has 1 heterocycles. The Labute approximate surface area is 166 Å². The van der Waals surface area contributed by atoms with Gasteiger partial charge < -0.3 is 29.5 Å². The van der Waals surface area contributed by atoms with E-state index in [1.54, 1.807) is 13.0 Å². The highest BCUT2D eigenvalue weighted by atomic mass is 19.3. The summed E-state index contributed by atoms with van der Waals surface area (Å²) in [5, 5.41) is 24.6. The molecule has 10 heteroatoms. The number of nitrogens with one attached hydrogen (secondary N) is 1. The van der Waals surface area contributed by atoms with Crippen LogP contribution in [0.1, 0.15) is 35.2 Å². The van der Waals surface area contributed by atoms with Gasteiger partial charge in [0.15, 0.2) is 17.2 Å². The van der Waals surface area contributed by atoms with Gasteiger partial charge in [-0.3, -0.25) is 4.79 Å². The largest absolute Gasteiger partial charge is 0.504 e. The third kappa shape index (κ3) is 7.66. The topological polar surface area (TPSA) is 114 Å². The van der Waals surface area contributed by atoms with E-state index >= 15 is 0 Å². The second-order valence-electron chi connectivity index (χ2n) is 6.33. The monoisotopic (exact) mass is 414 g/mol. The average molecular weight is 414 g/mol. The van der Waals surface area contributed by atoms with Crippen molar-refractivity contribution in [3.05, 3.63) is 41.3 Å². The molecule has 1 unspecified atom stereocenters. The van der Waals surface area contributed by atoms with Gasteiger partial charge in [-0.25, -0.2) is 0 Å². The highest BCUT2D eigenvalue weighted by molar-refractivity contribution is 5.92. The molecule has 0 saturated heterocycles. The van der Waals surface area contributed by atoms with Crippen LogP contribution >= 0.6 is 0 Å². The second kappa shape index (κ2) is 11.3. The lowest BCUT2D eigenvalue weighted by molar-refractivity contribution is -0.0512. The smallest absolute Gasteiger partial charge is 0.387 e. The number of halogens is 2. The lowest BCUT2D eigenvalue weighted by atomic mass is 10.1. The number of aromatic nitrogens is 1. The molecular formula is C19H24F2N2O6. The molecule has 0 aliphatic rings. The SMILES string of the molecule is CC(CNC(=O)c1cc(CCCc2ccc(O)c(OC(F)F)c2)on1)OCCO. The number of carbonyl (C=O) groups is 1. The first-order valence-electron chi connectivity index (χ1n) is 9.12. The summed E-state index contributed by atoms with van der Waals surface area (Å²) in [7, 11) is 0. The summed E-state index contributed by atoms with van der Waals surface area (Å²) in [5.41, 5.74) is 0.861. The van der Waals surface area contributed by atoms with Crippen LogP contribution in [-0.4, -0.2) is 53.8 Å². The van der Waals surface area contributed by atoms with Gasteiger partial charge in [0.1, 0.15) is 5.76 Å². The fourth-order valence-corrected chi connectivity index (χ4v) is 2.55. The third-order valence-electron chi connectivity index (χ3n) is 3.96. The van der Waals surface area contributed by atoms with E-state index in [0.29, 0.717) is 30.6 Å². The van der Waals surface area contributed by atoms with Crippen molar-refractivity contribution in [2.24, 2.45) is 0 Å². The molecule has 0 radical (unpaired) electrons. The maximum atomic E-state index is 12.3. The van der Waals surface area contributed by atoms with Crippen molar-refractivity contribution in [2.75, 3.05) is 19.8 Å². The molecule has 3 N–H and O–H groups in total. The van der Waals surface area contributed by atoms with Crippen molar-refractivity contribution in [3.63, 3.8) is 0 Å². The summed E-state index contributed by atoms with van der Waals surface area (Å²) >= 11 is 0. The van der Waals surface area contributed by atoms with E-state index < -0.39 is 12.5 Å². The molecule has 1 aromatic heterocycles. The predicted octanol–water partition coefficient (Wildman–Crippen LogP) is 2.28. The van der Waals surface area contributed by atoms with Crippen LogP contribution in [0.15, 0.2) is 28.8 Å². The van der Waals surface area contributed by atoms with Gasteiger partial charge in [-0.15, -0.1) is 0 Å². The van der Waals surface area contributed by atoms with Crippen LogP contribution in [0.4, 0.5) is 8.78 Å². The molecular weight excluding hydrogens is 390 g/mol. The number of ether oxygens (including phenoxy) is 2. The van der Waals surface area contributed by atoms with Gasteiger partial charge in [0.05, 0.1) is 19.3 Å². The minimum absolute atomic E-state index is 0.0877. The van der Waals surface area contributed by atoms with E-state index in [0.717, 1.165) is 0 Å². The Balaban J connectivity index is 1.79. The van der Waals surface area contributed by atoms with Gasteiger partial charge >= 0.3 is 6.61 Å². The number of hydrogen-bond acceptors (Lipinski definition) is 7. The fourth-order valence-electron chi connectivity index (χ4n) is 2.55. The van der Waals surface area contributed by atoms with Crippen LogP contribution in [-0.2, 0) is 17.6 Å². The van der Waals surface area contributed by atoms with E-state index in [-0.39, 0.29) is 43.1 Å². The maximum absolute atomic E-state index is 12.3. The molecule has 0 fully saturated rings. The molecule has 0 bridgehead atoms. The van der Waals surface area contributed by atoms with Crippen LogP contribution in [0.2, 0.25) is 0 Å². The molecule has 8 nitrogen and oxygen atoms in total. The summed E-state index contributed by atoms with van der Waals surface area (Å²) in [6.07, 6.45) is 1.38. The van der Waals surface area contributed by atoms with E-state index in [4.69, 9.17) is 14.4 Å². The molecule has 1 aromatic carbocycles. The summed E-state index contributed by atoms with van der Waals surface area (Å²) in [4.78, 5) is 12.1. The van der Waals surface area contributed by atoms with Crippen molar-refractivity contribution >= 4 is 5.91 Å². The minimum atomic E-state index is -3.01. The van der Waals surface area contributed by atoms with E-state index in [2.05, 4.69) is 15.2 Å². The molecule has 29 heavy (non-hydrogen) atoms. The average Bonchev–Trinajstić information content (AvgIpc) is 3.15. The number of aromatic hydroxyl groups is 1. The highest BCUT2D eigenvalue weighted by Crippen LogP contribution is 2.28. The fraction of sp³-hybridized carbons (Fsp3) is 0.474. The molecule has 0 aliphatic heterocycles. The predicted molar refractivity (Wildman–Crippen MR) is 98.1 cm³/mol. The number of nitrogens with zero attached hydrogens (tertiary/aromatic N) is 1. The van der Waals surface area contributed by atoms with E-state index in [9.17, 15) is 18.7 Å². The van der Waals surface area contributed by atoms with Crippen molar-refractivity contribution in [1.29, 1.82) is 0 Å². The first kappa shape index (κ1) is 22.6. The van der Waals surface area contributed by atoms with E-state index in [1.807, 2.05) is 0 Å². The number of alkyl halides is 2. The third-order valence-corrected chi connectivity index (χ3v) is 3.96. The number of aliphatic hydroxyl groups is 1. The molecule has 1 atom stereocenters. The van der Waals surface area contributed by atoms with E-state index in [1.165, 1.54) is 18.2 Å². The van der Waals surface area contributed by atoms with Gasteiger partial charge in [-0.05, 0) is 37.5 Å². The number of aryl methyl sites for hydroxylation is 2. The zero-order valence-corrected chi connectivity index (χ0v) is 15.9. The van der Waals surface area contributed by atoms with Gasteiger partial charge in [-0.2, -0.15) is 8.78 Å². The molecule has 160 valence electrons. The number of benzene rings is 1. The van der Waals surface area contributed by atoms with Crippen molar-refractivity contribution in [3.8, 4) is 11.5 Å². The zero-order chi connectivity index (χ0) is 21.2. The number of carbonyl (C=O) groups excluding carboxylic acids is 1. The zero-order valence-electron chi connectivity index (χ0n) is 15.9. The lowest BCUT2D eigenvalue weighted by Gasteiger charge is -2.12. The Hall–Kier alpha value is -2.72. The van der Waals surface area contributed by atoms with Crippen LogP contribution in [0.3, 0.4) is 0 Å². The summed E-state index contributed by atoms with van der Waals surface area (Å²) in [5.74, 6) is -0.501. The van der Waals surface area contributed by atoms with Crippen LogP contribution in [0, 0.1) is 0 Å². The van der Waals surface area contributed by atoms with Gasteiger partial charge in [0, 0.05) is 19.0 Å². The molecule has 1 amide bonds. The summed E-state index contributed by atoms with van der Waals surface area (Å²) in [6, 6.07) is 5.82. The Bertz CT molecular complexity index is 784. The van der Waals surface area contributed by atoms with Crippen LogP contribution in [0.25, 0.3) is 0 Å². The van der Waals surface area contributed by atoms with Crippen LogP contribution < -0.4 is 10.1 Å². The lowest BCUT2D eigenvalue weighted by Crippen LogP contribution is -2.32. The van der Waals surface area contributed by atoms with Crippen molar-refractivity contribution in [1.82, 2.24) is 10.5 Å². The second-order valence-corrected chi connectivity index (χ2v) is 6.33. The molecule has 2 aromatic rings. The summed E-state index contributed by atoms with van der Waals surface area (Å²) < 4.78 is 39.3. The number of phenolic OH excluding ortho intramolecular Hbond substituents is 1. The Morgan fingerprint density at radius 1 is 1.31 bits per heavy atom. The summed E-state index contributed by atoms with van der Waals surface area (Å²) in [6.45, 7) is -0.868. The Morgan fingerprint density at radius 3 is 2.83 bits per heavy atom. The van der Waals surface area contributed by atoms with Crippen molar-refractivity contribution < 1.29 is 37.8 Å². The number of hydrogen-bond donors (Lipinski definition) is 3. The molecule has 0 aliphatic carbocycles. The minimum Gasteiger partial charge on any atom is -0.504 e. The number of rotatable bonds is 12. The molecule has 0 spiro atoms. The highest BCUT2D eigenvalue weighted by Gasteiger charge is 2.14. The quantitative estimate of drug-likeness (QED) is 0.488. The number of aliphatic hydroxyl groups excluding tert-OH is 1. The normalized spacial score (nSPS) is 12.2. The van der Waals surface area contributed by atoms with Gasteiger partial charge in [0.25, 0.3) is 5.91 Å². The van der Waals surface area contributed by atoms with Gasteiger partial charge in [-0.1, -0.05) is 11.2 Å². The maximum Gasteiger partial charge on any atom is 0.387 e. The number of phenols is 1. The number of amides is 1.